The van der Waals surface area contributed by atoms with Crippen LogP contribution >= 0.6 is 0 Å². The molecule has 0 bridgehead atoms. The van der Waals surface area contributed by atoms with Gasteiger partial charge in [-0.25, -0.2) is 14.2 Å². The molecule has 1 saturated heterocycles. The molecule has 0 aliphatic carbocycles. The predicted octanol–water partition coefficient (Wildman–Crippen LogP) is 2.94. The van der Waals surface area contributed by atoms with Gasteiger partial charge in [0.2, 0.25) is 11.5 Å². The molecule has 1 amide bonds. The number of halogens is 1. The van der Waals surface area contributed by atoms with Crippen molar-refractivity contribution in [3.8, 4) is 0 Å². The maximum atomic E-state index is 13.0. The number of amides is 1. The third-order valence-electron chi connectivity index (χ3n) is 3.20. The van der Waals surface area contributed by atoms with Crippen LogP contribution in [0.1, 0.15) is 33.3 Å². The number of hydroxylamine groups is 2. The van der Waals surface area contributed by atoms with Crippen molar-refractivity contribution < 1.29 is 28.3 Å². The van der Waals surface area contributed by atoms with Crippen LogP contribution in [0.5, 0.6) is 0 Å². The number of benzene rings is 1. The molecule has 1 fully saturated rings. The summed E-state index contributed by atoms with van der Waals surface area (Å²) in [4.78, 5) is 29.8. The lowest BCUT2D eigenvalue weighted by molar-refractivity contribution is -0.188. The molecule has 7 heteroatoms. The Kier molecular flexibility index (Phi) is 5.79. The Balaban J connectivity index is 2.15. The summed E-state index contributed by atoms with van der Waals surface area (Å²) in [5, 5.41) is 1.11. The van der Waals surface area contributed by atoms with Crippen molar-refractivity contribution in [3.63, 3.8) is 0 Å². The van der Waals surface area contributed by atoms with E-state index in [2.05, 4.69) is 0 Å². The van der Waals surface area contributed by atoms with Gasteiger partial charge >= 0.3 is 5.97 Å². The minimum atomic E-state index is -1.11. The van der Waals surface area contributed by atoms with Crippen molar-refractivity contribution in [2.45, 2.75) is 40.0 Å². The Morgan fingerprint density at radius 1 is 1.28 bits per heavy atom. The molecule has 1 aromatic carbocycles. The van der Waals surface area contributed by atoms with Gasteiger partial charge < -0.3 is 9.47 Å². The van der Waals surface area contributed by atoms with Gasteiger partial charge in [0.1, 0.15) is 5.82 Å². The number of rotatable bonds is 6. The molecule has 0 aromatic heterocycles. The van der Waals surface area contributed by atoms with E-state index in [0.29, 0.717) is 12.2 Å². The summed E-state index contributed by atoms with van der Waals surface area (Å²) < 4.78 is 23.3. The van der Waals surface area contributed by atoms with Crippen LogP contribution in [-0.2, 0) is 30.4 Å². The second kappa shape index (κ2) is 7.65. The average molecular weight is 351 g/mol. The highest BCUT2D eigenvalue weighted by Crippen LogP contribution is 2.26. The summed E-state index contributed by atoms with van der Waals surface area (Å²) in [6.07, 6.45) is 1.04. The first kappa shape index (κ1) is 18.9. The largest absolute Gasteiger partial charge is 0.445 e. The number of carbonyl (C=O) groups excluding carboxylic acids is 2. The summed E-state index contributed by atoms with van der Waals surface area (Å²) in [6.45, 7) is 7.45. The van der Waals surface area contributed by atoms with Crippen molar-refractivity contribution in [3.05, 3.63) is 47.5 Å². The van der Waals surface area contributed by atoms with Crippen molar-refractivity contribution in [2.75, 3.05) is 6.61 Å². The van der Waals surface area contributed by atoms with Crippen LogP contribution in [0.25, 0.3) is 0 Å². The van der Waals surface area contributed by atoms with E-state index >= 15 is 0 Å². The summed E-state index contributed by atoms with van der Waals surface area (Å²) in [6, 6.07) is 5.73. The molecule has 136 valence electrons. The summed E-state index contributed by atoms with van der Waals surface area (Å²) in [5.41, 5.74) is 0.687. The minimum Gasteiger partial charge on any atom is -0.445 e. The number of carbonyl (C=O) groups is 2. The highest BCUT2D eigenvalue weighted by atomic mass is 19.1. The lowest BCUT2D eigenvalue weighted by Crippen LogP contribution is -2.31. The van der Waals surface area contributed by atoms with Crippen LogP contribution in [0.2, 0.25) is 0 Å². The number of nitrogens with zero attached hydrogens (tertiary/aromatic N) is 1. The van der Waals surface area contributed by atoms with Gasteiger partial charge in [0.05, 0.1) is 19.2 Å². The quantitative estimate of drug-likeness (QED) is 0.448. The second-order valence-corrected chi connectivity index (χ2v) is 6.59. The summed E-state index contributed by atoms with van der Waals surface area (Å²) in [5.74, 6) is -2.71. The van der Waals surface area contributed by atoms with Gasteiger partial charge in [-0.15, -0.1) is 0 Å². The Bertz CT molecular complexity index is 667. The van der Waals surface area contributed by atoms with E-state index in [1.54, 1.807) is 26.0 Å². The minimum absolute atomic E-state index is 0.105. The van der Waals surface area contributed by atoms with Gasteiger partial charge in [0, 0.05) is 13.8 Å². The molecule has 1 aliphatic heterocycles. The van der Waals surface area contributed by atoms with E-state index in [4.69, 9.17) is 14.3 Å². The van der Waals surface area contributed by atoms with Crippen molar-refractivity contribution >= 4 is 11.9 Å². The van der Waals surface area contributed by atoms with Crippen molar-refractivity contribution in [1.29, 1.82) is 0 Å². The number of hydrogen-bond donors (Lipinski definition) is 0. The fourth-order valence-corrected chi connectivity index (χ4v) is 2.06. The third-order valence-corrected chi connectivity index (χ3v) is 3.20. The van der Waals surface area contributed by atoms with Gasteiger partial charge in [-0.1, -0.05) is 26.0 Å². The fraction of sp³-hybridized carbons (Fsp3) is 0.444. The number of esters is 1. The van der Waals surface area contributed by atoms with E-state index < -0.39 is 17.7 Å². The van der Waals surface area contributed by atoms with Crippen LogP contribution in [0.15, 0.2) is 36.1 Å². The molecule has 0 atom stereocenters. The Morgan fingerprint density at radius 2 is 1.92 bits per heavy atom. The van der Waals surface area contributed by atoms with Crippen LogP contribution in [0.3, 0.4) is 0 Å². The normalized spacial score (nSPS) is 17.5. The SMILES string of the molecule is CC(C)CON(Cc1ccc(F)cc1)C(=O)/C=C1\OC(C)(C)OC1=O. The third kappa shape index (κ3) is 5.56. The van der Waals surface area contributed by atoms with E-state index in [0.717, 1.165) is 11.1 Å². The Hall–Kier alpha value is -2.41. The zero-order valence-electron chi connectivity index (χ0n) is 14.7. The highest BCUT2D eigenvalue weighted by Gasteiger charge is 2.38. The monoisotopic (exact) mass is 351 g/mol. The lowest BCUT2D eigenvalue weighted by atomic mass is 10.2. The Morgan fingerprint density at radius 3 is 2.44 bits per heavy atom. The van der Waals surface area contributed by atoms with Gasteiger partial charge in [0.15, 0.2) is 0 Å². The predicted molar refractivity (Wildman–Crippen MR) is 87.1 cm³/mol. The van der Waals surface area contributed by atoms with E-state index in [1.807, 2.05) is 13.8 Å². The maximum absolute atomic E-state index is 13.0. The van der Waals surface area contributed by atoms with E-state index in [1.165, 1.54) is 12.1 Å². The fourth-order valence-electron chi connectivity index (χ4n) is 2.06. The molecule has 1 heterocycles. The van der Waals surface area contributed by atoms with Gasteiger partial charge in [-0.2, -0.15) is 0 Å². The number of cyclic esters (lactones) is 1. The molecule has 1 aliphatic rings. The Labute approximate surface area is 146 Å². The van der Waals surface area contributed by atoms with Gasteiger partial charge in [-0.05, 0) is 23.6 Å². The molecule has 0 radical (unpaired) electrons. The van der Waals surface area contributed by atoms with Crippen LogP contribution in [0, 0.1) is 11.7 Å². The molecular formula is C18H22FNO5. The maximum Gasteiger partial charge on any atom is 0.377 e. The molecule has 25 heavy (non-hydrogen) atoms. The first-order valence-corrected chi connectivity index (χ1v) is 7.99. The second-order valence-electron chi connectivity index (χ2n) is 6.59. The summed E-state index contributed by atoms with van der Waals surface area (Å²) in [7, 11) is 0. The van der Waals surface area contributed by atoms with Crippen molar-refractivity contribution in [1.82, 2.24) is 5.06 Å². The molecule has 0 unspecified atom stereocenters. The number of hydrogen-bond acceptors (Lipinski definition) is 5. The number of ether oxygens (including phenoxy) is 2. The molecule has 6 nitrogen and oxygen atoms in total. The van der Waals surface area contributed by atoms with Crippen LogP contribution in [-0.4, -0.2) is 29.3 Å². The average Bonchev–Trinajstić information content (AvgIpc) is 2.77. The first-order chi connectivity index (χ1) is 11.7. The zero-order chi connectivity index (χ0) is 18.6. The standard InChI is InChI=1S/C18H22FNO5/c1-12(2)11-23-20(10-13-5-7-14(19)8-6-13)16(21)9-15-17(22)25-18(3,4)24-15/h5-9,12H,10-11H2,1-4H3/b15-9-. The van der Waals surface area contributed by atoms with E-state index in [-0.39, 0.29) is 24.0 Å². The zero-order valence-corrected chi connectivity index (χ0v) is 14.7. The first-order valence-electron chi connectivity index (χ1n) is 7.99. The van der Waals surface area contributed by atoms with Crippen molar-refractivity contribution in [2.24, 2.45) is 5.92 Å². The smallest absolute Gasteiger partial charge is 0.377 e. The van der Waals surface area contributed by atoms with Crippen LogP contribution in [0.4, 0.5) is 4.39 Å². The highest BCUT2D eigenvalue weighted by molar-refractivity contribution is 5.97. The lowest BCUT2D eigenvalue weighted by Gasteiger charge is -2.22. The molecular weight excluding hydrogens is 329 g/mol. The van der Waals surface area contributed by atoms with Gasteiger partial charge in [-0.3, -0.25) is 9.63 Å². The topological polar surface area (TPSA) is 65.1 Å². The summed E-state index contributed by atoms with van der Waals surface area (Å²) >= 11 is 0. The van der Waals surface area contributed by atoms with Gasteiger partial charge in [0.25, 0.3) is 5.91 Å². The van der Waals surface area contributed by atoms with E-state index in [9.17, 15) is 14.0 Å². The molecule has 0 spiro atoms. The van der Waals surface area contributed by atoms with Crippen LogP contribution < -0.4 is 0 Å². The molecule has 2 rings (SSSR count). The molecule has 1 aromatic rings. The molecule has 0 saturated carbocycles. The molecule has 0 N–H and O–H groups in total.